The van der Waals surface area contributed by atoms with Crippen molar-refractivity contribution >= 4 is 29.9 Å². The molecule has 1 aromatic heterocycles. The molecule has 0 aromatic carbocycles. The summed E-state index contributed by atoms with van der Waals surface area (Å²) in [5.74, 6) is 2.56. The van der Waals surface area contributed by atoms with Crippen molar-refractivity contribution in [1.29, 1.82) is 0 Å². The molecule has 0 saturated carbocycles. The Balaban J connectivity index is 0.00000529. The van der Waals surface area contributed by atoms with Crippen LogP contribution >= 0.6 is 24.0 Å². The molecule has 1 heterocycles. The van der Waals surface area contributed by atoms with Crippen molar-refractivity contribution in [3.05, 3.63) is 24.2 Å². The smallest absolute Gasteiger partial charge is 0.191 e. The highest BCUT2D eigenvalue weighted by molar-refractivity contribution is 14.0. The Morgan fingerprint density at radius 3 is 2.42 bits per heavy atom. The molecule has 0 fully saturated rings. The lowest BCUT2D eigenvalue weighted by atomic mass is 9.93. The number of rotatable bonds is 10. The molecule has 0 amide bonds. The van der Waals surface area contributed by atoms with Gasteiger partial charge in [-0.1, -0.05) is 26.7 Å². The number of nitrogens with zero attached hydrogens (tertiary/aromatic N) is 2. The van der Waals surface area contributed by atoms with Gasteiger partial charge in [0.15, 0.2) is 5.96 Å². The van der Waals surface area contributed by atoms with Crippen molar-refractivity contribution < 1.29 is 4.42 Å². The molecule has 0 aliphatic rings. The first-order valence-electron chi connectivity index (χ1n) is 8.83. The second-order valence-electron chi connectivity index (χ2n) is 6.08. The highest BCUT2D eigenvalue weighted by Crippen LogP contribution is 2.17. The molecule has 1 unspecified atom stereocenters. The van der Waals surface area contributed by atoms with Gasteiger partial charge in [-0.2, -0.15) is 0 Å². The summed E-state index contributed by atoms with van der Waals surface area (Å²) in [6.45, 7) is 9.12. The topological polar surface area (TPSA) is 52.8 Å². The largest absolute Gasteiger partial charge is 0.469 e. The first-order chi connectivity index (χ1) is 11.1. The molecular weight excluding hydrogens is 415 g/mol. The zero-order chi connectivity index (χ0) is 17.1. The van der Waals surface area contributed by atoms with E-state index in [4.69, 9.17) is 9.41 Å². The Bertz CT molecular complexity index is 430. The van der Waals surface area contributed by atoms with Crippen LogP contribution < -0.4 is 10.6 Å². The quantitative estimate of drug-likeness (QED) is 0.326. The lowest BCUT2D eigenvalue weighted by Gasteiger charge is -2.30. The van der Waals surface area contributed by atoms with E-state index in [-0.39, 0.29) is 24.0 Å². The summed E-state index contributed by atoms with van der Waals surface area (Å²) in [4.78, 5) is 7.09. The van der Waals surface area contributed by atoms with E-state index >= 15 is 0 Å². The molecular formula is C18H35IN4O. The number of halogens is 1. The summed E-state index contributed by atoms with van der Waals surface area (Å²) < 4.78 is 5.36. The van der Waals surface area contributed by atoms with E-state index in [9.17, 15) is 0 Å². The third-order valence-electron chi connectivity index (χ3n) is 4.28. The van der Waals surface area contributed by atoms with Gasteiger partial charge in [-0.3, -0.25) is 4.99 Å². The van der Waals surface area contributed by atoms with Crippen LogP contribution in [-0.2, 0) is 6.42 Å². The molecule has 1 aromatic rings. The van der Waals surface area contributed by atoms with Crippen LogP contribution in [0.2, 0.25) is 0 Å². The molecule has 1 atom stereocenters. The van der Waals surface area contributed by atoms with Gasteiger partial charge in [-0.25, -0.2) is 0 Å². The zero-order valence-electron chi connectivity index (χ0n) is 15.8. The van der Waals surface area contributed by atoms with Crippen LogP contribution in [0.15, 0.2) is 27.8 Å². The van der Waals surface area contributed by atoms with Crippen LogP contribution in [0.4, 0.5) is 0 Å². The van der Waals surface area contributed by atoms with Crippen LogP contribution in [0.3, 0.4) is 0 Å². The van der Waals surface area contributed by atoms with Crippen molar-refractivity contribution in [2.24, 2.45) is 10.9 Å². The summed E-state index contributed by atoms with van der Waals surface area (Å²) in [5, 5.41) is 6.71. The number of aliphatic imine (C=N–C) groups is 1. The van der Waals surface area contributed by atoms with Crippen LogP contribution in [0.25, 0.3) is 0 Å². The Kier molecular flexibility index (Phi) is 13.1. The van der Waals surface area contributed by atoms with Crippen LogP contribution in [0.5, 0.6) is 0 Å². The van der Waals surface area contributed by atoms with Crippen LogP contribution in [-0.4, -0.2) is 50.6 Å². The van der Waals surface area contributed by atoms with E-state index in [0.29, 0.717) is 12.0 Å². The minimum Gasteiger partial charge on any atom is -0.469 e. The lowest BCUT2D eigenvalue weighted by Crippen LogP contribution is -2.42. The number of nitrogens with one attached hydrogen (secondary N) is 2. The van der Waals surface area contributed by atoms with Gasteiger partial charge in [-0.05, 0) is 39.1 Å². The summed E-state index contributed by atoms with van der Waals surface area (Å²) in [7, 11) is 4.30. The van der Waals surface area contributed by atoms with Crippen LogP contribution in [0, 0.1) is 5.92 Å². The number of hydrogen-bond acceptors (Lipinski definition) is 3. The molecule has 0 spiro atoms. The number of hydrogen-bond donors (Lipinski definition) is 2. The lowest BCUT2D eigenvalue weighted by molar-refractivity contribution is 0.206. The van der Waals surface area contributed by atoms with Crippen molar-refractivity contribution in [3.63, 3.8) is 0 Å². The monoisotopic (exact) mass is 450 g/mol. The molecule has 0 bridgehead atoms. The first kappa shape index (κ1) is 23.2. The molecule has 24 heavy (non-hydrogen) atoms. The molecule has 5 nitrogen and oxygen atoms in total. The molecule has 140 valence electrons. The maximum absolute atomic E-state index is 5.36. The van der Waals surface area contributed by atoms with E-state index < -0.39 is 0 Å². The summed E-state index contributed by atoms with van der Waals surface area (Å²) >= 11 is 0. The second kappa shape index (κ2) is 13.5. The third-order valence-corrected chi connectivity index (χ3v) is 4.28. The van der Waals surface area contributed by atoms with Gasteiger partial charge in [-0.15, -0.1) is 24.0 Å². The van der Waals surface area contributed by atoms with E-state index in [1.807, 2.05) is 12.1 Å². The zero-order valence-corrected chi connectivity index (χ0v) is 18.2. The van der Waals surface area contributed by atoms with Crippen molar-refractivity contribution in [2.75, 3.05) is 33.7 Å². The average Bonchev–Trinajstić information content (AvgIpc) is 3.04. The maximum Gasteiger partial charge on any atom is 0.191 e. The first-order valence-corrected chi connectivity index (χ1v) is 8.83. The van der Waals surface area contributed by atoms with E-state index in [2.05, 4.69) is 50.4 Å². The fraction of sp³-hybridized carbons (Fsp3) is 0.722. The molecule has 0 aliphatic heterocycles. The van der Waals surface area contributed by atoms with Crippen molar-refractivity contribution in [2.45, 2.75) is 46.1 Å². The van der Waals surface area contributed by atoms with Crippen molar-refractivity contribution in [1.82, 2.24) is 15.5 Å². The molecule has 2 N–H and O–H groups in total. The normalized spacial score (nSPS) is 13.0. The Labute approximate surface area is 164 Å². The van der Waals surface area contributed by atoms with Crippen molar-refractivity contribution in [3.8, 4) is 0 Å². The molecule has 0 radical (unpaired) electrons. The fourth-order valence-corrected chi connectivity index (χ4v) is 2.85. The SMILES string of the molecule is CCNC(=NCC(C(CC)CC)N(C)C)NCCc1ccco1.I. The van der Waals surface area contributed by atoms with Gasteiger partial charge in [0.05, 0.1) is 12.8 Å². The van der Waals surface area contributed by atoms with Gasteiger partial charge >= 0.3 is 0 Å². The van der Waals surface area contributed by atoms with Gasteiger partial charge in [0, 0.05) is 25.6 Å². The standard InChI is InChI=1S/C18H34N4O.HI/c1-6-15(7-2)17(22(4)5)14-21-18(19-8-3)20-12-11-16-10-9-13-23-16;/h9-10,13,15,17H,6-8,11-12,14H2,1-5H3,(H2,19,20,21);1H. The van der Waals surface area contributed by atoms with E-state index in [1.165, 1.54) is 12.8 Å². The molecule has 0 aliphatic carbocycles. The number of furan rings is 1. The highest BCUT2D eigenvalue weighted by atomic mass is 127. The van der Waals surface area contributed by atoms with E-state index in [1.54, 1.807) is 6.26 Å². The van der Waals surface area contributed by atoms with Gasteiger partial charge < -0.3 is 20.0 Å². The number of likely N-dealkylation sites (N-methyl/N-ethyl adjacent to an activating group) is 1. The fourth-order valence-electron chi connectivity index (χ4n) is 2.85. The average molecular weight is 450 g/mol. The van der Waals surface area contributed by atoms with E-state index in [0.717, 1.165) is 37.8 Å². The summed E-state index contributed by atoms with van der Waals surface area (Å²) in [6.07, 6.45) is 4.96. The van der Waals surface area contributed by atoms with Gasteiger partial charge in [0.25, 0.3) is 0 Å². The Morgan fingerprint density at radius 1 is 1.21 bits per heavy atom. The maximum atomic E-state index is 5.36. The molecule has 0 saturated heterocycles. The summed E-state index contributed by atoms with van der Waals surface area (Å²) in [5.41, 5.74) is 0. The van der Waals surface area contributed by atoms with Gasteiger partial charge in [0.1, 0.15) is 5.76 Å². The highest BCUT2D eigenvalue weighted by Gasteiger charge is 2.20. The third kappa shape index (κ3) is 8.37. The Morgan fingerprint density at radius 2 is 1.92 bits per heavy atom. The summed E-state index contributed by atoms with van der Waals surface area (Å²) in [6, 6.07) is 4.40. The predicted octanol–water partition coefficient (Wildman–Crippen LogP) is 3.36. The Hall–Kier alpha value is -0.760. The second-order valence-corrected chi connectivity index (χ2v) is 6.08. The van der Waals surface area contributed by atoms with Crippen LogP contribution in [0.1, 0.15) is 39.4 Å². The van der Waals surface area contributed by atoms with Gasteiger partial charge in [0.2, 0.25) is 0 Å². The molecule has 6 heteroatoms. The predicted molar refractivity (Wildman–Crippen MR) is 113 cm³/mol. The minimum atomic E-state index is 0. The molecule has 1 rings (SSSR count). The number of guanidine groups is 1. The minimum absolute atomic E-state index is 0.